The van der Waals surface area contributed by atoms with Crippen molar-refractivity contribution in [3.05, 3.63) is 17.5 Å². The minimum Gasteiger partial charge on any atom is -0.493 e. The van der Waals surface area contributed by atoms with E-state index in [4.69, 9.17) is 15.2 Å². The number of aliphatic carboxylic acids is 1. The lowest BCUT2D eigenvalue weighted by Crippen LogP contribution is -2.46. The molecule has 1 aromatic rings. The van der Waals surface area contributed by atoms with Gasteiger partial charge in [-0.15, -0.1) is 11.3 Å². The first-order valence-corrected chi connectivity index (χ1v) is 7.51. The van der Waals surface area contributed by atoms with Gasteiger partial charge in [-0.2, -0.15) is 23.4 Å². The molecule has 24 heavy (non-hydrogen) atoms. The van der Waals surface area contributed by atoms with Crippen LogP contribution in [-0.4, -0.2) is 65.0 Å². The number of alkyl halides is 3. The molecule has 11 heteroatoms. The van der Waals surface area contributed by atoms with Crippen molar-refractivity contribution >= 4 is 22.4 Å². The monoisotopic (exact) mass is 364 g/mol. The molecule has 0 saturated carbocycles. The summed E-state index contributed by atoms with van der Waals surface area (Å²) in [6, 6.07) is 2.07. The molecule has 0 atom stereocenters. The zero-order valence-electron chi connectivity index (χ0n) is 12.5. The average Bonchev–Trinajstić information content (AvgIpc) is 2.94. The number of carboxylic acid groups (broad SMARTS) is 1. The Hall–Kier alpha value is -2.32. The number of carbonyl (C=O) groups is 1. The van der Waals surface area contributed by atoms with Gasteiger partial charge in [-0.25, -0.2) is 4.79 Å². The van der Waals surface area contributed by atoms with E-state index in [0.29, 0.717) is 12.1 Å². The van der Waals surface area contributed by atoms with Crippen LogP contribution in [0.1, 0.15) is 0 Å². The summed E-state index contributed by atoms with van der Waals surface area (Å²) in [5.41, 5.74) is 0.602. The summed E-state index contributed by atoms with van der Waals surface area (Å²) >= 11 is 1.45. The number of halogens is 3. The molecular formula is C13H15F3N4O3S. The molecule has 0 aliphatic carbocycles. The van der Waals surface area contributed by atoms with E-state index in [0.717, 1.165) is 31.3 Å². The predicted molar refractivity (Wildman–Crippen MR) is 80.9 cm³/mol. The van der Waals surface area contributed by atoms with E-state index in [1.54, 1.807) is 5.38 Å². The molecule has 2 rings (SSSR count). The highest BCUT2D eigenvalue weighted by molar-refractivity contribution is 7.13. The van der Waals surface area contributed by atoms with Crippen LogP contribution in [0.2, 0.25) is 0 Å². The number of carboxylic acids is 1. The van der Waals surface area contributed by atoms with Crippen molar-refractivity contribution in [2.45, 2.75) is 6.18 Å². The van der Waals surface area contributed by atoms with Crippen molar-refractivity contribution in [3.8, 4) is 11.9 Å². The van der Waals surface area contributed by atoms with Crippen LogP contribution in [0.5, 0.6) is 5.88 Å². The Morgan fingerprint density at radius 3 is 2.33 bits per heavy atom. The van der Waals surface area contributed by atoms with Crippen LogP contribution in [0.15, 0.2) is 17.5 Å². The van der Waals surface area contributed by atoms with Gasteiger partial charge in [0.1, 0.15) is 0 Å². The van der Waals surface area contributed by atoms with E-state index in [9.17, 15) is 18.3 Å². The maximum Gasteiger partial charge on any atom is 0.490 e. The Bertz CT molecular complexity index is 619. The second-order valence-corrected chi connectivity index (χ2v) is 5.61. The zero-order valence-corrected chi connectivity index (χ0v) is 13.3. The fourth-order valence-electron chi connectivity index (χ4n) is 1.80. The van der Waals surface area contributed by atoms with E-state index in [-0.39, 0.29) is 5.88 Å². The Morgan fingerprint density at radius 2 is 1.96 bits per heavy atom. The van der Waals surface area contributed by atoms with Crippen LogP contribution in [0, 0.1) is 11.3 Å². The van der Waals surface area contributed by atoms with Gasteiger partial charge in [-0.3, -0.25) is 4.90 Å². The average molecular weight is 364 g/mol. The molecule has 1 aliphatic heterocycles. The molecule has 132 valence electrons. The smallest absolute Gasteiger partial charge is 0.490 e. The van der Waals surface area contributed by atoms with Gasteiger partial charge in [0, 0.05) is 38.3 Å². The Morgan fingerprint density at radius 1 is 1.42 bits per heavy atom. The van der Waals surface area contributed by atoms with Crippen LogP contribution in [0.25, 0.3) is 0 Å². The highest BCUT2D eigenvalue weighted by Gasteiger charge is 2.38. The van der Waals surface area contributed by atoms with Crippen molar-refractivity contribution in [2.75, 3.05) is 37.6 Å². The standard InChI is InChI=1S/C11H14N4OS.C2HF3O2/c1-9(6-12)7-14-2-4-15(5-3-14)11-13-10(16)8-17-11;3-2(4,5)1(6)7/h8,16H,1-5,7H2;(H,6,7). The Kier molecular flexibility index (Phi) is 6.99. The third-order valence-electron chi connectivity index (χ3n) is 2.94. The number of anilines is 1. The summed E-state index contributed by atoms with van der Waals surface area (Å²) in [4.78, 5) is 17.3. The third kappa shape index (κ3) is 6.43. The maximum atomic E-state index is 10.6. The van der Waals surface area contributed by atoms with Gasteiger partial charge >= 0.3 is 12.1 Å². The summed E-state index contributed by atoms with van der Waals surface area (Å²) in [7, 11) is 0. The SMILES string of the molecule is C=C(C#N)CN1CCN(c2nc(O)cs2)CC1.O=C(O)C(F)(F)F. The van der Waals surface area contributed by atoms with Crippen molar-refractivity contribution in [1.29, 1.82) is 5.26 Å². The first-order chi connectivity index (χ1) is 11.1. The van der Waals surface area contributed by atoms with Gasteiger partial charge in [0.2, 0.25) is 5.88 Å². The molecular weight excluding hydrogens is 349 g/mol. The number of nitriles is 1. The number of aromatic hydroxyl groups is 1. The van der Waals surface area contributed by atoms with Gasteiger partial charge < -0.3 is 15.1 Å². The molecule has 1 aromatic heterocycles. The number of piperazine rings is 1. The molecule has 0 unspecified atom stereocenters. The Labute approximate surface area is 139 Å². The summed E-state index contributed by atoms with van der Waals surface area (Å²) in [5.74, 6) is -2.67. The second kappa shape index (κ2) is 8.51. The van der Waals surface area contributed by atoms with Crippen LogP contribution < -0.4 is 4.90 Å². The van der Waals surface area contributed by atoms with Gasteiger partial charge in [-0.05, 0) is 0 Å². The van der Waals surface area contributed by atoms with Crippen LogP contribution in [0.3, 0.4) is 0 Å². The number of hydrogen-bond acceptors (Lipinski definition) is 7. The van der Waals surface area contributed by atoms with E-state index < -0.39 is 12.1 Å². The lowest BCUT2D eigenvalue weighted by atomic mass is 10.2. The fraction of sp³-hybridized carbons (Fsp3) is 0.462. The number of thiazole rings is 1. The molecule has 0 amide bonds. The molecule has 1 fully saturated rings. The first kappa shape index (κ1) is 19.7. The summed E-state index contributed by atoms with van der Waals surface area (Å²) in [5, 5.41) is 27.5. The number of nitrogens with zero attached hydrogens (tertiary/aromatic N) is 4. The largest absolute Gasteiger partial charge is 0.493 e. The van der Waals surface area contributed by atoms with Gasteiger partial charge in [0.25, 0.3) is 0 Å². The van der Waals surface area contributed by atoms with Gasteiger partial charge in [-0.1, -0.05) is 6.58 Å². The minimum atomic E-state index is -5.08. The van der Waals surface area contributed by atoms with Crippen LogP contribution in [-0.2, 0) is 4.79 Å². The van der Waals surface area contributed by atoms with Gasteiger partial charge in [0.05, 0.1) is 11.4 Å². The number of aromatic nitrogens is 1. The quantitative estimate of drug-likeness (QED) is 0.787. The minimum absolute atomic E-state index is 0.0882. The van der Waals surface area contributed by atoms with E-state index in [1.165, 1.54) is 11.3 Å². The predicted octanol–water partition coefficient (Wildman–Crippen LogP) is 1.68. The normalized spacial score (nSPS) is 15.2. The molecule has 1 aliphatic rings. The first-order valence-electron chi connectivity index (χ1n) is 6.63. The summed E-state index contributed by atoms with van der Waals surface area (Å²) in [6.07, 6.45) is -5.08. The van der Waals surface area contributed by atoms with E-state index in [1.807, 2.05) is 0 Å². The van der Waals surface area contributed by atoms with E-state index in [2.05, 4.69) is 27.4 Å². The van der Waals surface area contributed by atoms with E-state index >= 15 is 0 Å². The lowest BCUT2D eigenvalue weighted by Gasteiger charge is -2.34. The highest BCUT2D eigenvalue weighted by Crippen LogP contribution is 2.24. The fourth-order valence-corrected chi connectivity index (χ4v) is 2.55. The van der Waals surface area contributed by atoms with Crippen molar-refractivity contribution in [3.63, 3.8) is 0 Å². The Balaban J connectivity index is 0.000000351. The molecule has 0 spiro atoms. The molecule has 1 saturated heterocycles. The molecule has 2 N–H and O–H groups in total. The third-order valence-corrected chi connectivity index (χ3v) is 3.83. The van der Waals surface area contributed by atoms with Crippen molar-refractivity contribution in [1.82, 2.24) is 9.88 Å². The molecule has 7 nitrogen and oxygen atoms in total. The topological polar surface area (TPSA) is 101 Å². The maximum absolute atomic E-state index is 10.6. The van der Waals surface area contributed by atoms with Crippen LogP contribution in [0.4, 0.5) is 18.3 Å². The molecule has 0 bridgehead atoms. The number of rotatable bonds is 3. The molecule has 0 aromatic carbocycles. The number of hydrogen-bond donors (Lipinski definition) is 2. The van der Waals surface area contributed by atoms with Gasteiger partial charge in [0.15, 0.2) is 5.13 Å². The lowest BCUT2D eigenvalue weighted by molar-refractivity contribution is -0.192. The molecule has 0 radical (unpaired) electrons. The summed E-state index contributed by atoms with van der Waals surface area (Å²) in [6.45, 7) is 7.85. The molecule has 2 heterocycles. The van der Waals surface area contributed by atoms with Crippen molar-refractivity contribution in [2.24, 2.45) is 0 Å². The highest BCUT2D eigenvalue weighted by atomic mass is 32.1. The van der Waals surface area contributed by atoms with Crippen molar-refractivity contribution < 1.29 is 28.2 Å². The summed E-state index contributed by atoms with van der Waals surface area (Å²) < 4.78 is 31.7. The second-order valence-electron chi connectivity index (χ2n) is 4.77. The zero-order chi connectivity index (χ0) is 18.3. The van der Waals surface area contributed by atoms with Crippen LogP contribution >= 0.6 is 11.3 Å².